The number of rotatable bonds is 1. The van der Waals surface area contributed by atoms with Gasteiger partial charge in [0.05, 0.1) is 5.92 Å². The number of aliphatic carboxylic acids is 1. The second kappa shape index (κ2) is 3.69. The molecule has 1 saturated carbocycles. The Morgan fingerprint density at radius 1 is 1.24 bits per heavy atom. The molecule has 0 heterocycles. The summed E-state index contributed by atoms with van der Waals surface area (Å²) in [5.74, 6) is -1.19. The first-order valence-electron chi connectivity index (χ1n) is 6.04. The third kappa shape index (κ3) is 1.49. The minimum absolute atomic E-state index is 0.0314. The van der Waals surface area contributed by atoms with E-state index in [2.05, 4.69) is 0 Å². The second-order valence-corrected chi connectivity index (χ2v) is 5.01. The Morgan fingerprint density at radius 2 is 2.00 bits per heavy atom. The van der Waals surface area contributed by atoms with Gasteiger partial charge in [-0.1, -0.05) is 24.3 Å². The average Bonchev–Trinajstić information content (AvgIpc) is 2.36. The number of fused-ring (bicyclic) bond motifs is 4. The van der Waals surface area contributed by atoms with E-state index < -0.39 is 11.9 Å². The van der Waals surface area contributed by atoms with Crippen molar-refractivity contribution in [2.75, 3.05) is 0 Å². The molecule has 0 saturated heterocycles. The van der Waals surface area contributed by atoms with Crippen molar-refractivity contribution in [3.63, 3.8) is 0 Å². The molecule has 2 bridgehead atoms. The van der Waals surface area contributed by atoms with E-state index >= 15 is 0 Å². The Balaban J connectivity index is 2.06. The van der Waals surface area contributed by atoms with Crippen LogP contribution in [0, 0.1) is 11.8 Å². The molecule has 0 spiro atoms. The van der Waals surface area contributed by atoms with Crippen LogP contribution >= 0.6 is 0 Å². The second-order valence-electron chi connectivity index (χ2n) is 5.01. The van der Waals surface area contributed by atoms with E-state index in [1.165, 1.54) is 0 Å². The van der Waals surface area contributed by atoms with Crippen LogP contribution in [0.15, 0.2) is 24.3 Å². The number of benzene rings is 1. The Morgan fingerprint density at radius 3 is 2.76 bits per heavy atom. The fourth-order valence-corrected chi connectivity index (χ4v) is 3.32. The fourth-order valence-electron chi connectivity index (χ4n) is 3.32. The number of hydrogen-bond acceptors (Lipinski definition) is 2. The summed E-state index contributed by atoms with van der Waals surface area (Å²) in [7, 11) is 0. The maximum atomic E-state index is 12.3. The van der Waals surface area contributed by atoms with Crippen LogP contribution in [0.5, 0.6) is 0 Å². The quantitative estimate of drug-likeness (QED) is 0.806. The Labute approximate surface area is 99.5 Å². The molecule has 3 atom stereocenters. The number of Topliss-reactive ketones (excluding diaryl/α,β-unsaturated/α-hetero) is 1. The minimum atomic E-state index is -0.818. The summed E-state index contributed by atoms with van der Waals surface area (Å²) in [6.07, 6.45) is 2.23. The van der Waals surface area contributed by atoms with Gasteiger partial charge in [-0.05, 0) is 30.7 Å². The molecule has 0 aromatic heterocycles. The van der Waals surface area contributed by atoms with Crippen LogP contribution in [0.25, 0.3) is 0 Å². The molecule has 1 fully saturated rings. The molecule has 2 aliphatic carbocycles. The van der Waals surface area contributed by atoms with Crippen LogP contribution in [0.3, 0.4) is 0 Å². The van der Waals surface area contributed by atoms with Crippen LogP contribution < -0.4 is 0 Å². The van der Waals surface area contributed by atoms with Gasteiger partial charge in [0.2, 0.25) is 0 Å². The molecule has 88 valence electrons. The van der Waals surface area contributed by atoms with Crippen molar-refractivity contribution in [2.24, 2.45) is 11.8 Å². The van der Waals surface area contributed by atoms with Crippen molar-refractivity contribution in [3.8, 4) is 0 Å². The lowest BCUT2D eigenvalue weighted by Gasteiger charge is -2.38. The van der Waals surface area contributed by atoms with E-state index in [0.717, 1.165) is 17.5 Å². The van der Waals surface area contributed by atoms with E-state index in [1.807, 2.05) is 24.3 Å². The van der Waals surface area contributed by atoms with Crippen molar-refractivity contribution in [2.45, 2.75) is 25.2 Å². The molecule has 2 aliphatic rings. The number of carbonyl (C=O) groups excluding carboxylic acids is 1. The number of carboxylic acids is 1. The summed E-state index contributed by atoms with van der Waals surface area (Å²) in [4.78, 5) is 23.4. The average molecular weight is 230 g/mol. The standard InChI is InChI=1S/C14H14O3/c15-13-10-4-2-1-3-9(10)8-5-6-11(14(16)17)12(13)7-8/h1-4,8,11-12H,5-7H2,(H,16,17)/t8-,11-,12-/m1/s1. The molecule has 0 amide bonds. The first-order valence-corrected chi connectivity index (χ1v) is 6.04. The number of carboxylic acid groups (broad SMARTS) is 1. The molecule has 1 aromatic carbocycles. The normalized spacial score (nSPS) is 30.8. The first kappa shape index (κ1) is 10.5. The van der Waals surface area contributed by atoms with E-state index in [0.29, 0.717) is 18.8 Å². The molecule has 17 heavy (non-hydrogen) atoms. The van der Waals surface area contributed by atoms with Gasteiger partial charge in [0.1, 0.15) is 0 Å². The fraction of sp³-hybridized carbons (Fsp3) is 0.429. The Bertz CT molecular complexity index is 492. The van der Waals surface area contributed by atoms with Gasteiger partial charge in [-0.15, -0.1) is 0 Å². The smallest absolute Gasteiger partial charge is 0.307 e. The van der Waals surface area contributed by atoms with E-state index in [1.54, 1.807) is 0 Å². The zero-order valence-electron chi connectivity index (χ0n) is 9.43. The van der Waals surface area contributed by atoms with Crippen molar-refractivity contribution >= 4 is 11.8 Å². The van der Waals surface area contributed by atoms with E-state index in [4.69, 9.17) is 5.11 Å². The van der Waals surface area contributed by atoms with Crippen LogP contribution in [0.4, 0.5) is 0 Å². The van der Waals surface area contributed by atoms with Crippen molar-refractivity contribution < 1.29 is 14.7 Å². The summed E-state index contributed by atoms with van der Waals surface area (Å²) < 4.78 is 0. The summed E-state index contributed by atoms with van der Waals surface area (Å²) in [6.45, 7) is 0. The molecule has 3 nitrogen and oxygen atoms in total. The monoisotopic (exact) mass is 230 g/mol. The van der Waals surface area contributed by atoms with Gasteiger partial charge in [0.15, 0.2) is 5.78 Å². The first-order chi connectivity index (χ1) is 8.18. The Kier molecular flexibility index (Phi) is 2.28. The highest BCUT2D eigenvalue weighted by molar-refractivity contribution is 6.02. The third-order valence-corrected chi connectivity index (χ3v) is 4.17. The van der Waals surface area contributed by atoms with Gasteiger partial charge in [-0.2, -0.15) is 0 Å². The molecular formula is C14H14O3. The summed E-state index contributed by atoms with van der Waals surface area (Å²) in [5, 5.41) is 9.16. The molecule has 3 heteroatoms. The van der Waals surface area contributed by atoms with Crippen LogP contribution in [0.2, 0.25) is 0 Å². The van der Waals surface area contributed by atoms with Gasteiger partial charge in [-0.3, -0.25) is 9.59 Å². The molecule has 1 aromatic rings. The predicted octanol–water partition coefficient (Wildman–Crippen LogP) is 2.47. The van der Waals surface area contributed by atoms with Gasteiger partial charge in [0, 0.05) is 11.5 Å². The van der Waals surface area contributed by atoms with Crippen LogP contribution in [-0.2, 0) is 4.79 Å². The molecule has 0 aliphatic heterocycles. The van der Waals surface area contributed by atoms with Crippen LogP contribution in [0.1, 0.15) is 41.1 Å². The summed E-state index contributed by atoms with van der Waals surface area (Å²) in [5.41, 5.74) is 1.87. The zero-order chi connectivity index (χ0) is 12.0. The van der Waals surface area contributed by atoms with Gasteiger partial charge in [-0.25, -0.2) is 0 Å². The minimum Gasteiger partial charge on any atom is -0.481 e. The third-order valence-electron chi connectivity index (χ3n) is 4.17. The highest BCUT2D eigenvalue weighted by atomic mass is 16.4. The van der Waals surface area contributed by atoms with Crippen molar-refractivity contribution in [1.29, 1.82) is 0 Å². The lowest BCUT2D eigenvalue weighted by atomic mass is 9.64. The maximum absolute atomic E-state index is 12.3. The lowest BCUT2D eigenvalue weighted by Crippen LogP contribution is -2.39. The molecule has 0 radical (unpaired) electrons. The van der Waals surface area contributed by atoms with Crippen molar-refractivity contribution in [1.82, 2.24) is 0 Å². The molecule has 3 rings (SSSR count). The largest absolute Gasteiger partial charge is 0.481 e. The number of hydrogen-bond donors (Lipinski definition) is 1. The number of carbonyl (C=O) groups is 2. The van der Waals surface area contributed by atoms with Gasteiger partial charge < -0.3 is 5.11 Å². The Hall–Kier alpha value is -1.64. The predicted molar refractivity (Wildman–Crippen MR) is 62.0 cm³/mol. The molecular weight excluding hydrogens is 216 g/mol. The van der Waals surface area contributed by atoms with Crippen LogP contribution in [-0.4, -0.2) is 16.9 Å². The number of ketones is 1. The summed E-state index contributed by atoms with van der Waals surface area (Å²) in [6, 6.07) is 7.65. The summed E-state index contributed by atoms with van der Waals surface area (Å²) >= 11 is 0. The highest BCUT2D eigenvalue weighted by Gasteiger charge is 2.44. The topological polar surface area (TPSA) is 54.4 Å². The van der Waals surface area contributed by atoms with Gasteiger partial charge >= 0.3 is 5.97 Å². The lowest BCUT2D eigenvalue weighted by molar-refractivity contribution is -0.144. The molecule has 0 unspecified atom stereocenters. The molecule has 1 N–H and O–H groups in total. The maximum Gasteiger partial charge on any atom is 0.307 e. The van der Waals surface area contributed by atoms with Crippen molar-refractivity contribution in [3.05, 3.63) is 35.4 Å². The SMILES string of the molecule is O=C(O)[C@@H]1CC[C@@H]2C[C@H]1C(=O)c1ccccc12. The van der Waals surface area contributed by atoms with Gasteiger partial charge in [0.25, 0.3) is 0 Å². The van der Waals surface area contributed by atoms with E-state index in [-0.39, 0.29) is 11.7 Å². The van der Waals surface area contributed by atoms with E-state index in [9.17, 15) is 9.59 Å². The highest BCUT2D eigenvalue weighted by Crippen LogP contribution is 2.46. The zero-order valence-corrected chi connectivity index (χ0v) is 9.43.